The van der Waals surface area contributed by atoms with Gasteiger partial charge in [-0.2, -0.15) is 0 Å². The lowest BCUT2D eigenvalue weighted by atomic mass is 10.2. The summed E-state index contributed by atoms with van der Waals surface area (Å²) >= 11 is 5.33. The van der Waals surface area contributed by atoms with Crippen molar-refractivity contribution in [3.05, 3.63) is 54.6 Å². The molecular weight excluding hydrogens is 439 g/mol. The van der Waals surface area contributed by atoms with Gasteiger partial charge in [0, 0.05) is 23.5 Å². The predicted octanol–water partition coefficient (Wildman–Crippen LogP) is 4.71. The van der Waals surface area contributed by atoms with E-state index >= 15 is 0 Å². The number of ether oxygens (including phenoxy) is 1. The Kier molecular flexibility index (Phi) is 4.81. The maximum Gasteiger partial charge on any atom is 0.282 e. The number of methoxy groups -OCH3 is 1. The van der Waals surface area contributed by atoms with Crippen LogP contribution in [0.1, 0.15) is 0 Å². The second kappa shape index (κ2) is 6.40. The van der Waals surface area contributed by atoms with Gasteiger partial charge in [-0.15, -0.1) is 0 Å². The van der Waals surface area contributed by atoms with Gasteiger partial charge in [0.15, 0.2) is 0 Å². The van der Waals surface area contributed by atoms with E-state index in [0.717, 1.165) is 15.8 Å². The van der Waals surface area contributed by atoms with Crippen LogP contribution in [0.25, 0.3) is 0 Å². The van der Waals surface area contributed by atoms with Crippen LogP contribution < -0.4 is 10.1 Å². The first-order valence-corrected chi connectivity index (χ1v) is 7.43. The first-order chi connectivity index (χ1) is 9.51. The van der Waals surface area contributed by atoms with Crippen molar-refractivity contribution in [2.24, 2.45) is 0 Å². The molecule has 0 bridgehead atoms. The molecule has 2 aromatic carbocycles. The Morgan fingerprint density at radius 3 is 2.50 bits per heavy atom. The number of anilines is 2. The van der Waals surface area contributed by atoms with Gasteiger partial charge in [0.05, 0.1) is 20.1 Å². The molecule has 0 saturated carbocycles. The molecule has 5 nitrogen and oxygen atoms in total. The standard InChI is InChI=1S/C13H10BrIN2O3/c1-20-13-7-9(2-4-10(13)14)16-8-3-5-12(17(18)19)11(15)6-8/h2-7,16H,1H3. The van der Waals surface area contributed by atoms with E-state index in [1.165, 1.54) is 6.07 Å². The lowest BCUT2D eigenvalue weighted by Gasteiger charge is -2.10. The third-order valence-corrected chi connectivity index (χ3v) is 4.10. The van der Waals surface area contributed by atoms with Crippen LogP contribution in [-0.2, 0) is 0 Å². The fraction of sp³-hybridized carbons (Fsp3) is 0.0769. The summed E-state index contributed by atoms with van der Waals surface area (Å²) in [6, 6.07) is 10.5. The van der Waals surface area contributed by atoms with Gasteiger partial charge in [-0.25, -0.2) is 0 Å². The van der Waals surface area contributed by atoms with E-state index in [-0.39, 0.29) is 5.69 Å². The molecule has 7 heteroatoms. The van der Waals surface area contributed by atoms with Crippen LogP contribution in [0.15, 0.2) is 40.9 Å². The normalized spacial score (nSPS) is 10.2. The molecular formula is C13H10BrIN2O3. The highest BCUT2D eigenvalue weighted by atomic mass is 127. The maximum absolute atomic E-state index is 10.8. The molecule has 0 spiro atoms. The Bertz CT molecular complexity index is 664. The lowest BCUT2D eigenvalue weighted by Crippen LogP contribution is -1.95. The fourth-order valence-electron chi connectivity index (χ4n) is 1.64. The quantitative estimate of drug-likeness (QED) is 0.417. The topological polar surface area (TPSA) is 64.4 Å². The number of halogens is 2. The number of rotatable bonds is 4. The van der Waals surface area contributed by atoms with E-state index in [1.54, 1.807) is 19.2 Å². The van der Waals surface area contributed by atoms with E-state index < -0.39 is 4.92 Å². The molecule has 0 aliphatic rings. The molecule has 2 rings (SSSR count). The highest BCUT2D eigenvalue weighted by molar-refractivity contribution is 14.1. The Morgan fingerprint density at radius 1 is 1.25 bits per heavy atom. The molecule has 0 radical (unpaired) electrons. The van der Waals surface area contributed by atoms with E-state index in [1.807, 2.05) is 40.8 Å². The highest BCUT2D eigenvalue weighted by Crippen LogP contribution is 2.31. The minimum atomic E-state index is -0.395. The summed E-state index contributed by atoms with van der Waals surface area (Å²) in [5.41, 5.74) is 1.73. The van der Waals surface area contributed by atoms with Crippen LogP contribution in [-0.4, -0.2) is 12.0 Å². The summed E-state index contributed by atoms with van der Waals surface area (Å²) in [6.45, 7) is 0. The van der Waals surface area contributed by atoms with Gasteiger partial charge in [-0.3, -0.25) is 10.1 Å². The molecule has 0 aromatic heterocycles. The second-order valence-corrected chi connectivity index (χ2v) is 5.91. The van der Waals surface area contributed by atoms with Gasteiger partial charge < -0.3 is 10.1 Å². The largest absolute Gasteiger partial charge is 0.495 e. The average Bonchev–Trinajstić information content (AvgIpc) is 2.40. The summed E-state index contributed by atoms with van der Waals surface area (Å²) in [6.07, 6.45) is 0. The number of nitrogens with one attached hydrogen (secondary N) is 1. The van der Waals surface area contributed by atoms with Crippen molar-refractivity contribution >= 4 is 55.6 Å². The summed E-state index contributed by atoms with van der Waals surface area (Å²) in [5, 5.41) is 14.0. The van der Waals surface area contributed by atoms with Crippen LogP contribution >= 0.6 is 38.5 Å². The van der Waals surface area contributed by atoms with Crippen LogP contribution in [0.5, 0.6) is 5.75 Å². The number of hydrogen-bond acceptors (Lipinski definition) is 4. The molecule has 1 N–H and O–H groups in total. The fourth-order valence-corrected chi connectivity index (χ4v) is 2.76. The third-order valence-electron chi connectivity index (χ3n) is 2.58. The first kappa shape index (κ1) is 15.0. The Balaban J connectivity index is 2.26. The maximum atomic E-state index is 10.8. The van der Waals surface area contributed by atoms with Crippen LogP contribution in [0.2, 0.25) is 0 Å². The SMILES string of the molecule is COc1cc(Nc2ccc([N+](=O)[O-])c(I)c2)ccc1Br. The second-order valence-electron chi connectivity index (χ2n) is 3.90. The highest BCUT2D eigenvalue weighted by Gasteiger charge is 2.11. The molecule has 0 aliphatic heterocycles. The van der Waals surface area contributed by atoms with E-state index in [9.17, 15) is 10.1 Å². The van der Waals surface area contributed by atoms with Gasteiger partial charge in [0.2, 0.25) is 0 Å². The smallest absolute Gasteiger partial charge is 0.282 e. The molecule has 0 atom stereocenters. The number of nitro benzene ring substituents is 1. The molecule has 0 heterocycles. The molecule has 0 unspecified atom stereocenters. The molecule has 104 valence electrons. The van der Waals surface area contributed by atoms with Crippen molar-refractivity contribution in [1.82, 2.24) is 0 Å². The predicted molar refractivity (Wildman–Crippen MR) is 89.8 cm³/mol. The van der Waals surface area contributed by atoms with Gasteiger partial charge in [0.25, 0.3) is 5.69 Å². The van der Waals surface area contributed by atoms with Crippen molar-refractivity contribution in [2.75, 3.05) is 12.4 Å². The Hall–Kier alpha value is -1.35. The van der Waals surface area contributed by atoms with E-state index in [4.69, 9.17) is 4.74 Å². The number of hydrogen-bond donors (Lipinski definition) is 1. The lowest BCUT2D eigenvalue weighted by molar-refractivity contribution is -0.385. The van der Waals surface area contributed by atoms with Crippen molar-refractivity contribution < 1.29 is 9.66 Å². The van der Waals surface area contributed by atoms with Crippen molar-refractivity contribution in [1.29, 1.82) is 0 Å². The Morgan fingerprint density at radius 2 is 1.90 bits per heavy atom. The van der Waals surface area contributed by atoms with Crippen molar-refractivity contribution in [2.45, 2.75) is 0 Å². The molecule has 0 amide bonds. The first-order valence-electron chi connectivity index (χ1n) is 5.56. The number of nitro groups is 1. The third kappa shape index (κ3) is 3.40. The Labute approximate surface area is 137 Å². The minimum Gasteiger partial charge on any atom is -0.495 e. The number of nitrogens with zero attached hydrogens (tertiary/aromatic N) is 1. The zero-order valence-electron chi connectivity index (χ0n) is 10.4. The molecule has 0 saturated heterocycles. The van der Waals surface area contributed by atoms with Gasteiger partial charge in [-0.1, -0.05) is 0 Å². The summed E-state index contributed by atoms with van der Waals surface area (Å²) in [7, 11) is 1.60. The van der Waals surface area contributed by atoms with E-state index in [0.29, 0.717) is 9.32 Å². The monoisotopic (exact) mass is 448 g/mol. The van der Waals surface area contributed by atoms with Crippen molar-refractivity contribution in [3.8, 4) is 5.75 Å². The van der Waals surface area contributed by atoms with Crippen LogP contribution in [0, 0.1) is 13.7 Å². The number of benzene rings is 2. The molecule has 0 fully saturated rings. The van der Waals surface area contributed by atoms with E-state index in [2.05, 4.69) is 21.2 Å². The summed E-state index contributed by atoms with van der Waals surface area (Å²) < 4.78 is 6.67. The van der Waals surface area contributed by atoms with Gasteiger partial charge >= 0.3 is 0 Å². The zero-order chi connectivity index (χ0) is 14.7. The average molecular weight is 449 g/mol. The van der Waals surface area contributed by atoms with Crippen LogP contribution in [0.3, 0.4) is 0 Å². The van der Waals surface area contributed by atoms with Gasteiger partial charge in [0.1, 0.15) is 5.75 Å². The van der Waals surface area contributed by atoms with Crippen molar-refractivity contribution in [3.63, 3.8) is 0 Å². The zero-order valence-corrected chi connectivity index (χ0v) is 14.1. The van der Waals surface area contributed by atoms with Crippen LogP contribution in [0.4, 0.5) is 17.1 Å². The molecule has 2 aromatic rings. The van der Waals surface area contributed by atoms with Gasteiger partial charge in [-0.05, 0) is 62.8 Å². The summed E-state index contributed by atoms with van der Waals surface area (Å²) in [5.74, 6) is 0.714. The minimum absolute atomic E-state index is 0.101. The summed E-state index contributed by atoms with van der Waals surface area (Å²) in [4.78, 5) is 10.4. The molecule has 20 heavy (non-hydrogen) atoms. The molecule has 0 aliphatic carbocycles.